The molecule has 88 valence electrons. The van der Waals surface area contributed by atoms with Crippen molar-refractivity contribution in [3.05, 3.63) is 35.4 Å². The zero-order valence-corrected chi connectivity index (χ0v) is 9.63. The molecule has 0 aliphatic heterocycles. The molecule has 1 aliphatic carbocycles. The second-order valence-electron chi connectivity index (χ2n) is 5.42. The molecule has 1 aromatic carbocycles. The third-order valence-electron chi connectivity index (χ3n) is 3.56. The van der Waals surface area contributed by atoms with Crippen LogP contribution in [0.5, 0.6) is 0 Å². The van der Waals surface area contributed by atoms with Crippen LogP contribution in [0.15, 0.2) is 18.2 Å². The van der Waals surface area contributed by atoms with E-state index >= 15 is 0 Å². The molecule has 1 nitrogen and oxygen atoms in total. The molecule has 2 unspecified atom stereocenters. The SMILES string of the molecule is CC1(C)CC1C(N)Cc1ccc(F)c(F)c1. The lowest BCUT2D eigenvalue weighted by molar-refractivity contribution is 0.472. The van der Waals surface area contributed by atoms with Crippen molar-refractivity contribution in [2.45, 2.75) is 32.7 Å². The van der Waals surface area contributed by atoms with Crippen LogP contribution in [0, 0.1) is 23.0 Å². The van der Waals surface area contributed by atoms with Crippen molar-refractivity contribution < 1.29 is 8.78 Å². The zero-order valence-electron chi connectivity index (χ0n) is 9.63. The van der Waals surface area contributed by atoms with E-state index in [0.29, 0.717) is 17.8 Å². The summed E-state index contributed by atoms with van der Waals surface area (Å²) in [6, 6.07) is 4.05. The molecule has 2 rings (SSSR count). The number of nitrogens with two attached hydrogens (primary N) is 1. The maximum atomic E-state index is 13.0. The Kier molecular flexibility index (Phi) is 2.74. The summed E-state index contributed by atoms with van der Waals surface area (Å²) >= 11 is 0. The Morgan fingerprint density at radius 3 is 2.50 bits per heavy atom. The molecule has 0 aromatic heterocycles. The van der Waals surface area contributed by atoms with E-state index in [0.717, 1.165) is 18.1 Å². The number of hydrogen-bond acceptors (Lipinski definition) is 1. The number of hydrogen-bond donors (Lipinski definition) is 1. The van der Waals surface area contributed by atoms with Gasteiger partial charge in [-0.1, -0.05) is 19.9 Å². The van der Waals surface area contributed by atoms with E-state index in [1.807, 2.05) is 0 Å². The molecule has 0 heterocycles. The second kappa shape index (κ2) is 3.81. The van der Waals surface area contributed by atoms with Gasteiger partial charge in [-0.15, -0.1) is 0 Å². The summed E-state index contributed by atoms with van der Waals surface area (Å²) in [6.07, 6.45) is 1.74. The van der Waals surface area contributed by atoms with E-state index in [1.165, 1.54) is 6.07 Å². The molecule has 0 bridgehead atoms. The summed E-state index contributed by atoms with van der Waals surface area (Å²) in [5, 5.41) is 0. The van der Waals surface area contributed by atoms with Crippen LogP contribution in [0.3, 0.4) is 0 Å². The Balaban J connectivity index is 2.02. The minimum Gasteiger partial charge on any atom is -0.327 e. The van der Waals surface area contributed by atoms with Crippen LogP contribution in [0.1, 0.15) is 25.8 Å². The van der Waals surface area contributed by atoms with Crippen LogP contribution in [0.4, 0.5) is 8.78 Å². The minimum absolute atomic E-state index is 0.0415. The average molecular weight is 225 g/mol. The van der Waals surface area contributed by atoms with Crippen LogP contribution >= 0.6 is 0 Å². The molecule has 1 fully saturated rings. The van der Waals surface area contributed by atoms with E-state index < -0.39 is 11.6 Å². The van der Waals surface area contributed by atoms with Gasteiger partial charge in [0.15, 0.2) is 11.6 Å². The molecule has 0 spiro atoms. The van der Waals surface area contributed by atoms with Gasteiger partial charge in [-0.2, -0.15) is 0 Å². The standard InChI is InChI=1S/C13H17F2N/c1-13(2)7-9(13)12(16)6-8-3-4-10(14)11(15)5-8/h3-5,9,12H,6-7,16H2,1-2H3. The van der Waals surface area contributed by atoms with Gasteiger partial charge in [0.1, 0.15) is 0 Å². The molecule has 1 aliphatic rings. The predicted octanol–water partition coefficient (Wildman–Crippen LogP) is 2.88. The lowest BCUT2D eigenvalue weighted by Crippen LogP contribution is -2.27. The summed E-state index contributed by atoms with van der Waals surface area (Å²) in [5.41, 5.74) is 7.15. The molecule has 0 amide bonds. The van der Waals surface area contributed by atoms with Crippen molar-refractivity contribution in [2.24, 2.45) is 17.1 Å². The van der Waals surface area contributed by atoms with Crippen LogP contribution < -0.4 is 5.73 Å². The first-order valence-electron chi connectivity index (χ1n) is 5.59. The van der Waals surface area contributed by atoms with E-state index in [-0.39, 0.29) is 6.04 Å². The first-order valence-corrected chi connectivity index (χ1v) is 5.59. The number of rotatable bonds is 3. The van der Waals surface area contributed by atoms with Crippen LogP contribution in [-0.2, 0) is 6.42 Å². The van der Waals surface area contributed by atoms with Crippen molar-refractivity contribution in [1.82, 2.24) is 0 Å². The zero-order chi connectivity index (χ0) is 11.9. The monoisotopic (exact) mass is 225 g/mol. The van der Waals surface area contributed by atoms with E-state index in [1.54, 1.807) is 6.07 Å². The summed E-state index contributed by atoms with van der Waals surface area (Å²) in [5.74, 6) is -1.09. The van der Waals surface area contributed by atoms with Crippen LogP contribution in [0.25, 0.3) is 0 Å². The summed E-state index contributed by atoms with van der Waals surface area (Å²) in [6.45, 7) is 4.37. The molecule has 1 saturated carbocycles. The van der Waals surface area contributed by atoms with Gasteiger partial charge in [-0.25, -0.2) is 8.78 Å². The van der Waals surface area contributed by atoms with Gasteiger partial charge in [0.2, 0.25) is 0 Å². The number of benzene rings is 1. The highest BCUT2D eigenvalue weighted by Crippen LogP contribution is 2.53. The van der Waals surface area contributed by atoms with Gasteiger partial charge in [0.25, 0.3) is 0 Å². The quantitative estimate of drug-likeness (QED) is 0.841. The Morgan fingerprint density at radius 1 is 1.38 bits per heavy atom. The first kappa shape index (κ1) is 11.5. The van der Waals surface area contributed by atoms with Crippen LogP contribution in [0.2, 0.25) is 0 Å². The molecule has 0 saturated heterocycles. The first-order chi connectivity index (χ1) is 7.40. The molecular weight excluding hydrogens is 208 g/mol. The Hall–Kier alpha value is -0.960. The van der Waals surface area contributed by atoms with Crippen LogP contribution in [-0.4, -0.2) is 6.04 Å². The van der Waals surface area contributed by atoms with Gasteiger partial charge in [0, 0.05) is 6.04 Å². The second-order valence-corrected chi connectivity index (χ2v) is 5.42. The van der Waals surface area contributed by atoms with Crippen molar-refractivity contribution >= 4 is 0 Å². The molecule has 2 N–H and O–H groups in total. The van der Waals surface area contributed by atoms with Crippen molar-refractivity contribution in [3.8, 4) is 0 Å². The van der Waals surface area contributed by atoms with Gasteiger partial charge >= 0.3 is 0 Å². The Morgan fingerprint density at radius 2 is 2.00 bits per heavy atom. The Labute approximate surface area is 94.7 Å². The lowest BCUT2D eigenvalue weighted by Gasteiger charge is -2.13. The van der Waals surface area contributed by atoms with Crippen molar-refractivity contribution in [3.63, 3.8) is 0 Å². The fourth-order valence-electron chi connectivity index (χ4n) is 2.32. The van der Waals surface area contributed by atoms with Gasteiger partial charge in [0.05, 0.1) is 0 Å². The highest BCUT2D eigenvalue weighted by atomic mass is 19.2. The third-order valence-corrected chi connectivity index (χ3v) is 3.56. The summed E-state index contributed by atoms with van der Waals surface area (Å²) in [7, 11) is 0. The predicted molar refractivity (Wildman–Crippen MR) is 59.9 cm³/mol. The number of halogens is 2. The topological polar surface area (TPSA) is 26.0 Å². The molecule has 16 heavy (non-hydrogen) atoms. The van der Waals surface area contributed by atoms with E-state index in [2.05, 4.69) is 13.8 Å². The molecule has 2 atom stereocenters. The van der Waals surface area contributed by atoms with Gasteiger partial charge in [-0.3, -0.25) is 0 Å². The van der Waals surface area contributed by atoms with Crippen molar-refractivity contribution in [1.29, 1.82) is 0 Å². The summed E-state index contributed by atoms with van der Waals surface area (Å²) in [4.78, 5) is 0. The summed E-state index contributed by atoms with van der Waals surface area (Å²) < 4.78 is 25.7. The maximum Gasteiger partial charge on any atom is 0.159 e. The van der Waals surface area contributed by atoms with E-state index in [9.17, 15) is 8.78 Å². The molecule has 3 heteroatoms. The van der Waals surface area contributed by atoms with E-state index in [4.69, 9.17) is 5.73 Å². The minimum atomic E-state index is -0.802. The largest absolute Gasteiger partial charge is 0.327 e. The molecule has 1 aromatic rings. The van der Waals surface area contributed by atoms with Gasteiger partial charge in [-0.05, 0) is 41.9 Å². The maximum absolute atomic E-state index is 13.0. The highest BCUT2D eigenvalue weighted by molar-refractivity contribution is 5.20. The Bertz CT molecular complexity index is 401. The normalized spacial score (nSPS) is 24.2. The fraction of sp³-hybridized carbons (Fsp3) is 0.538. The van der Waals surface area contributed by atoms with Crippen molar-refractivity contribution in [2.75, 3.05) is 0 Å². The third kappa shape index (κ3) is 2.24. The highest BCUT2D eigenvalue weighted by Gasteiger charge is 2.48. The smallest absolute Gasteiger partial charge is 0.159 e. The molecular formula is C13H17F2N. The molecule has 0 radical (unpaired) electrons. The lowest BCUT2D eigenvalue weighted by atomic mass is 9.98. The van der Waals surface area contributed by atoms with Gasteiger partial charge < -0.3 is 5.73 Å². The fourth-order valence-corrected chi connectivity index (χ4v) is 2.32. The average Bonchev–Trinajstić information content (AvgIpc) is 2.82.